The second-order valence-corrected chi connectivity index (χ2v) is 15.3. The van der Waals surface area contributed by atoms with Crippen LogP contribution >= 0.6 is 11.3 Å². The lowest BCUT2D eigenvalue weighted by Gasteiger charge is -2.24. The van der Waals surface area contributed by atoms with Crippen LogP contribution in [-0.4, -0.2) is 16.2 Å². The minimum atomic E-state index is -0.292. The minimum Gasteiger partial charge on any atom is -0.344 e. The number of aromatic nitrogens is 1. The lowest BCUT2D eigenvalue weighted by Crippen LogP contribution is -2.33. The van der Waals surface area contributed by atoms with E-state index in [1.165, 1.54) is 53.2 Å². The second-order valence-electron chi connectivity index (χ2n) is 14.3. The zero-order valence-electron chi connectivity index (χ0n) is 30.3. The Balaban J connectivity index is 1.00. The van der Waals surface area contributed by atoms with E-state index in [1.54, 1.807) is 0 Å². The minimum absolute atomic E-state index is 0.292. The van der Waals surface area contributed by atoms with Gasteiger partial charge in [0.25, 0.3) is 0 Å². The molecule has 264 valence electrons. The zero-order valence-corrected chi connectivity index (χ0v) is 31.1. The molecule has 5 heteroatoms. The van der Waals surface area contributed by atoms with Gasteiger partial charge in [-0.25, -0.2) is 9.98 Å². The summed E-state index contributed by atoms with van der Waals surface area (Å²) in [5.41, 5.74) is 11.3. The highest BCUT2D eigenvalue weighted by atomic mass is 32.1. The molecule has 56 heavy (non-hydrogen) atoms. The first-order chi connectivity index (χ1) is 27.7. The van der Waals surface area contributed by atoms with Crippen molar-refractivity contribution in [2.75, 3.05) is 0 Å². The summed E-state index contributed by atoms with van der Waals surface area (Å²) in [4.78, 5) is 10.5. The van der Waals surface area contributed by atoms with Gasteiger partial charge in [0.15, 0.2) is 5.84 Å². The molecule has 1 unspecified atom stereocenters. The van der Waals surface area contributed by atoms with Crippen molar-refractivity contribution < 1.29 is 0 Å². The maximum absolute atomic E-state index is 5.24. The normalized spacial score (nSPS) is 14.2. The number of rotatable bonds is 6. The summed E-state index contributed by atoms with van der Waals surface area (Å²) in [5.74, 6) is 1.50. The van der Waals surface area contributed by atoms with Gasteiger partial charge in [0.2, 0.25) is 0 Å². The molecule has 0 bridgehead atoms. The highest BCUT2D eigenvalue weighted by molar-refractivity contribution is 7.25. The molecule has 11 rings (SSSR count). The summed E-state index contributed by atoms with van der Waals surface area (Å²) in [7, 11) is 0. The highest BCUT2D eigenvalue weighted by Gasteiger charge is 2.22. The molecule has 4 nitrogen and oxygen atoms in total. The van der Waals surface area contributed by atoms with Crippen molar-refractivity contribution >= 4 is 65.0 Å². The van der Waals surface area contributed by atoms with E-state index in [4.69, 9.17) is 9.98 Å². The van der Waals surface area contributed by atoms with E-state index in [1.807, 2.05) is 17.4 Å². The molecule has 0 radical (unpaired) electrons. The molecule has 8 aromatic carbocycles. The molecule has 0 saturated heterocycles. The summed E-state index contributed by atoms with van der Waals surface area (Å²) in [6.45, 7) is 0. The van der Waals surface area contributed by atoms with Crippen molar-refractivity contribution in [2.24, 2.45) is 9.98 Å². The third kappa shape index (κ3) is 5.60. The summed E-state index contributed by atoms with van der Waals surface area (Å²) in [6.07, 6.45) is -0.292. The monoisotopic (exact) mass is 734 g/mol. The SMILES string of the molecule is c1ccc(-c2ccc(-c3ccc(C4=NC(c5ccc6c7ccccc7n(-c7ccc8sc9ccccc9c8c7)c6c5)=NC(c5ccccc5)N4)cc3)cc2)cc1. The van der Waals surface area contributed by atoms with E-state index in [-0.39, 0.29) is 6.17 Å². The van der Waals surface area contributed by atoms with Gasteiger partial charge in [-0.3, -0.25) is 0 Å². The molecule has 10 aromatic rings. The maximum atomic E-state index is 5.24. The highest BCUT2D eigenvalue weighted by Crippen LogP contribution is 2.38. The molecular weight excluding hydrogens is 701 g/mol. The van der Waals surface area contributed by atoms with Gasteiger partial charge in [0.1, 0.15) is 12.0 Å². The van der Waals surface area contributed by atoms with Crippen LogP contribution in [0.5, 0.6) is 0 Å². The Morgan fingerprint density at radius 1 is 0.429 bits per heavy atom. The van der Waals surface area contributed by atoms with Crippen molar-refractivity contribution in [3.63, 3.8) is 0 Å². The first kappa shape index (κ1) is 32.4. The van der Waals surface area contributed by atoms with Crippen LogP contribution in [0.4, 0.5) is 0 Å². The Morgan fingerprint density at radius 3 is 1.75 bits per heavy atom. The lowest BCUT2D eigenvalue weighted by molar-refractivity contribution is 0.674. The smallest absolute Gasteiger partial charge is 0.159 e. The van der Waals surface area contributed by atoms with Gasteiger partial charge in [0, 0.05) is 47.8 Å². The number of hydrogen-bond donors (Lipinski definition) is 1. The van der Waals surface area contributed by atoms with E-state index < -0.39 is 0 Å². The van der Waals surface area contributed by atoms with Crippen molar-refractivity contribution in [2.45, 2.75) is 6.17 Å². The molecule has 0 spiro atoms. The van der Waals surface area contributed by atoms with Crippen molar-refractivity contribution in [1.82, 2.24) is 9.88 Å². The van der Waals surface area contributed by atoms with Crippen LogP contribution < -0.4 is 5.32 Å². The molecule has 1 aliphatic rings. The number of fused-ring (bicyclic) bond motifs is 6. The summed E-state index contributed by atoms with van der Waals surface area (Å²) in [5, 5.41) is 8.65. The van der Waals surface area contributed by atoms with Gasteiger partial charge < -0.3 is 9.88 Å². The third-order valence-electron chi connectivity index (χ3n) is 10.9. The molecule has 1 atom stereocenters. The first-order valence-electron chi connectivity index (χ1n) is 18.9. The molecule has 2 aromatic heterocycles. The fourth-order valence-electron chi connectivity index (χ4n) is 8.08. The van der Waals surface area contributed by atoms with Crippen LogP contribution in [0.3, 0.4) is 0 Å². The van der Waals surface area contributed by atoms with Crippen LogP contribution in [0, 0.1) is 0 Å². The Morgan fingerprint density at radius 2 is 1.00 bits per heavy atom. The van der Waals surface area contributed by atoms with E-state index in [2.05, 4.69) is 198 Å². The standard InChI is InChI=1S/C51H34N4S/c1-3-11-33(12-4-1)34-19-21-35(22-20-34)36-23-25-38(26-24-36)50-52-49(37-13-5-2-6-14-37)53-51(54-50)39-27-29-42-41-15-7-9-17-45(41)55(46(42)31-39)40-28-30-48-44(32-40)43-16-8-10-18-47(43)56-48/h1-32,49H,(H,52,53,54). The fraction of sp³-hybridized carbons (Fsp3) is 0.0196. The Bertz CT molecular complexity index is 3140. The van der Waals surface area contributed by atoms with Gasteiger partial charge in [-0.1, -0.05) is 158 Å². The number of nitrogens with zero attached hydrogens (tertiary/aromatic N) is 3. The molecule has 1 N–H and O–H groups in total. The Hall–Kier alpha value is -7.08. The van der Waals surface area contributed by atoms with Gasteiger partial charge in [-0.15, -0.1) is 11.3 Å². The fourth-order valence-corrected chi connectivity index (χ4v) is 9.16. The van der Waals surface area contributed by atoms with Gasteiger partial charge in [-0.2, -0.15) is 0 Å². The number of hydrogen-bond acceptors (Lipinski definition) is 4. The van der Waals surface area contributed by atoms with Gasteiger partial charge >= 0.3 is 0 Å². The van der Waals surface area contributed by atoms with Crippen LogP contribution in [0.25, 0.3) is 69.9 Å². The topological polar surface area (TPSA) is 41.7 Å². The predicted octanol–water partition coefficient (Wildman–Crippen LogP) is 13.0. The maximum Gasteiger partial charge on any atom is 0.159 e. The quantitative estimate of drug-likeness (QED) is 0.182. The average Bonchev–Trinajstić information content (AvgIpc) is 3.82. The average molecular weight is 735 g/mol. The van der Waals surface area contributed by atoms with E-state index in [0.29, 0.717) is 5.84 Å². The number of benzene rings is 8. The zero-order chi connectivity index (χ0) is 37.0. The van der Waals surface area contributed by atoms with Crippen LogP contribution in [-0.2, 0) is 0 Å². The van der Waals surface area contributed by atoms with Crippen molar-refractivity contribution in [3.8, 4) is 27.9 Å². The van der Waals surface area contributed by atoms with E-state index in [9.17, 15) is 0 Å². The van der Waals surface area contributed by atoms with Gasteiger partial charge in [0.05, 0.1) is 11.0 Å². The van der Waals surface area contributed by atoms with Crippen molar-refractivity contribution in [1.29, 1.82) is 0 Å². The Kier molecular flexibility index (Phi) is 7.71. The molecule has 0 saturated carbocycles. The summed E-state index contributed by atoms with van der Waals surface area (Å²) < 4.78 is 5.00. The second kappa shape index (κ2) is 13.3. The van der Waals surface area contributed by atoms with Crippen LogP contribution in [0.2, 0.25) is 0 Å². The van der Waals surface area contributed by atoms with E-state index >= 15 is 0 Å². The molecule has 1 aliphatic heterocycles. The Labute approximate surface area is 328 Å². The van der Waals surface area contributed by atoms with Crippen LogP contribution in [0.15, 0.2) is 204 Å². The van der Waals surface area contributed by atoms with Gasteiger partial charge in [-0.05, 0) is 64.2 Å². The lowest BCUT2D eigenvalue weighted by atomic mass is 9.99. The molecule has 0 aliphatic carbocycles. The number of para-hydroxylation sites is 1. The first-order valence-corrected chi connectivity index (χ1v) is 19.7. The summed E-state index contributed by atoms with van der Waals surface area (Å²) in [6, 6.07) is 69.3. The third-order valence-corrected chi connectivity index (χ3v) is 12.0. The number of aliphatic imine (C=N–C) groups is 2. The number of thiophene rings is 1. The molecule has 3 heterocycles. The number of amidine groups is 2. The largest absolute Gasteiger partial charge is 0.344 e. The predicted molar refractivity (Wildman–Crippen MR) is 236 cm³/mol. The van der Waals surface area contributed by atoms with Crippen molar-refractivity contribution in [3.05, 3.63) is 211 Å². The summed E-state index contributed by atoms with van der Waals surface area (Å²) >= 11 is 1.85. The molecule has 0 fully saturated rings. The number of nitrogens with one attached hydrogen (secondary N) is 1. The molecule has 0 amide bonds. The van der Waals surface area contributed by atoms with E-state index in [0.717, 1.165) is 39.3 Å². The molecular formula is C51H34N4S. The van der Waals surface area contributed by atoms with Crippen LogP contribution in [0.1, 0.15) is 22.9 Å².